The summed E-state index contributed by atoms with van der Waals surface area (Å²) >= 11 is 0. The molecule has 1 saturated carbocycles. The zero-order valence-electron chi connectivity index (χ0n) is 12.5. The highest BCUT2D eigenvalue weighted by molar-refractivity contribution is 5.76. The van der Waals surface area contributed by atoms with Gasteiger partial charge in [-0.1, -0.05) is 0 Å². The average Bonchev–Trinajstić information content (AvgIpc) is 2.77. The van der Waals surface area contributed by atoms with Crippen molar-refractivity contribution < 1.29 is 4.79 Å². The van der Waals surface area contributed by atoms with Crippen LogP contribution >= 0.6 is 0 Å². The standard InChI is InChI=1S/C15H29N3O/c1-17-8-7-13(10-17)11-18(2)15(19)9-12-3-5-14(16)6-4-12/h12-14H,3-11,16H2,1-2H3. The summed E-state index contributed by atoms with van der Waals surface area (Å²) in [5.41, 5.74) is 5.91. The SMILES string of the molecule is CN1CCC(CN(C)C(=O)CC2CCC(N)CC2)C1. The van der Waals surface area contributed by atoms with E-state index >= 15 is 0 Å². The Morgan fingerprint density at radius 3 is 2.47 bits per heavy atom. The van der Waals surface area contributed by atoms with Crippen LogP contribution in [0.5, 0.6) is 0 Å². The highest BCUT2D eigenvalue weighted by Gasteiger charge is 2.25. The van der Waals surface area contributed by atoms with Gasteiger partial charge in [-0.05, 0) is 57.5 Å². The number of likely N-dealkylation sites (tertiary alicyclic amines) is 1. The lowest BCUT2D eigenvalue weighted by Crippen LogP contribution is -2.35. The van der Waals surface area contributed by atoms with Gasteiger partial charge in [0, 0.05) is 32.6 Å². The average molecular weight is 267 g/mol. The first-order valence-corrected chi connectivity index (χ1v) is 7.72. The Bertz CT molecular complexity index is 300. The number of carbonyl (C=O) groups is 1. The first-order valence-electron chi connectivity index (χ1n) is 7.72. The molecular weight excluding hydrogens is 238 g/mol. The van der Waals surface area contributed by atoms with Gasteiger partial charge in [0.15, 0.2) is 0 Å². The zero-order valence-corrected chi connectivity index (χ0v) is 12.5. The van der Waals surface area contributed by atoms with Crippen molar-refractivity contribution in [2.24, 2.45) is 17.6 Å². The van der Waals surface area contributed by atoms with Gasteiger partial charge in [-0.3, -0.25) is 4.79 Å². The number of nitrogens with zero attached hydrogens (tertiary/aromatic N) is 2. The summed E-state index contributed by atoms with van der Waals surface area (Å²) in [5.74, 6) is 1.56. The van der Waals surface area contributed by atoms with E-state index < -0.39 is 0 Å². The lowest BCUT2D eigenvalue weighted by Gasteiger charge is -2.28. The highest BCUT2D eigenvalue weighted by atomic mass is 16.2. The van der Waals surface area contributed by atoms with Crippen molar-refractivity contribution in [1.82, 2.24) is 9.80 Å². The van der Waals surface area contributed by atoms with E-state index in [0.717, 1.165) is 45.2 Å². The van der Waals surface area contributed by atoms with E-state index in [-0.39, 0.29) is 0 Å². The molecule has 0 spiro atoms. The lowest BCUT2D eigenvalue weighted by molar-refractivity contribution is -0.131. The molecule has 1 aliphatic carbocycles. The molecular formula is C15H29N3O. The number of rotatable bonds is 4. The summed E-state index contributed by atoms with van der Waals surface area (Å²) < 4.78 is 0. The Labute approximate surface area is 117 Å². The molecule has 0 aromatic rings. The molecule has 1 amide bonds. The Balaban J connectivity index is 1.70. The van der Waals surface area contributed by atoms with E-state index in [1.54, 1.807) is 0 Å². The maximum absolute atomic E-state index is 12.2. The summed E-state index contributed by atoms with van der Waals surface area (Å²) in [4.78, 5) is 16.6. The van der Waals surface area contributed by atoms with Crippen molar-refractivity contribution >= 4 is 5.91 Å². The molecule has 0 aromatic carbocycles. The van der Waals surface area contributed by atoms with Crippen LogP contribution in [0, 0.1) is 11.8 Å². The van der Waals surface area contributed by atoms with Crippen LogP contribution in [0.15, 0.2) is 0 Å². The second-order valence-corrected chi connectivity index (χ2v) is 6.68. The van der Waals surface area contributed by atoms with E-state index in [1.807, 2.05) is 11.9 Å². The topological polar surface area (TPSA) is 49.6 Å². The van der Waals surface area contributed by atoms with Crippen LogP contribution in [-0.4, -0.2) is 55.5 Å². The molecule has 1 atom stereocenters. The summed E-state index contributed by atoms with van der Waals surface area (Å²) in [5, 5.41) is 0. The molecule has 19 heavy (non-hydrogen) atoms. The third-order valence-electron chi connectivity index (χ3n) is 4.80. The second kappa shape index (κ2) is 6.71. The lowest BCUT2D eigenvalue weighted by atomic mass is 9.84. The van der Waals surface area contributed by atoms with Crippen LogP contribution in [-0.2, 0) is 4.79 Å². The third-order valence-corrected chi connectivity index (χ3v) is 4.80. The van der Waals surface area contributed by atoms with E-state index in [2.05, 4.69) is 11.9 Å². The molecule has 2 fully saturated rings. The molecule has 4 nitrogen and oxygen atoms in total. The maximum Gasteiger partial charge on any atom is 0.222 e. The van der Waals surface area contributed by atoms with Gasteiger partial charge >= 0.3 is 0 Å². The van der Waals surface area contributed by atoms with Crippen molar-refractivity contribution in [2.75, 3.05) is 33.7 Å². The Kier molecular flexibility index (Phi) is 5.22. The predicted octanol–water partition coefficient (Wildman–Crippen LogP) is 1.30. The Hall–Kier alpha value is -0.610. The van der Waals surface area contributed by atoms with Crippen LogP contribution in [0.2, 0.25) is 0 Å². The van der Waals surface area contributed by atoms with E-state index in [0.29, 0.717) is 23.8 Å². The minimum Gasteiger partial charge on any atom is -0.345 e. The molecule has 2 rings (SSSR count). The maximum atomic E-state index is 12.2. The molecule has 0 bridgehead atoms. The van der Waals surface area contributed by atoms with Crippen molar-refractivity contribution in [1.29, 1.82) is 0 Å². The first kappa shape index (κ1) is 14.8. The van der Waals surface area contributed by atoms with Crippen molar-refractivity contribution in [2.45, 2.75) is 44.6 Å². The number of carbonyl (C=O) groups excluding carboxylic acids is 1. The minimum atomic E-state index is 0.329. The molecule has 1 saturated heterocycles. The van der Waals surface area contributed by atoms with E-state index in [4.69, 9.17) is 5.73 Å². The van der Waals surface area contributed by atoms with Crippen LogP contribution in [0.3, 0.4) is 0 Å². The Morgan fingerprint density at radius 2 is 1.89 bits per heavy atom. The molecule has 2 N–H and O–H groups in total. The van der Waals surface area contributed by atoms with Gasteiger partial charge < -0.3 is 15.5 Å². The zero-order chi connectivity index (χ0) is 13.8. The molecule has 1 heterocycles. The third kappa shape index (κ3) is 4.46. The first-order chi connectivity index (χ1) is 9.04. The van der Waals surface area contributed by atoms with E-state index in [1.165, 1.54) is 13.0 Å². The van der Waals surface area contributed by atoms with Gasteiger partial charge in [0.25, 0.3) is 0 Å². The van der Waals surface area contributed by atoms with Gasteiger partial charge in [0.2, 0.25) is 5.91 Å². The summed E-state index contributed by atoms with van der Waals surface area (Å²) in [6.45, 7) is 3.23. The van der Waals surface area contributed by atoms with Crippen LogP contribution in [0.25, 0.3) is 0 Å². The minimum absolute atomic E-state index is 0.329. The predicted molar refractivity (Wildman–Crippen MR) is 77.8 cm³/mol. The molecule has 1 unspecified atom stereocenters. The molecule has 110 valence electrons. The summed E-state index contributed by atoms with van der Waals surface area (Å²) in [7, 11) is 4.13. The fourth-order valence-corrected chi connectivity index (χ4v) is 3.46. The summed E-state index contributed by atoms with van der Waals surface area (Å²) in [6, 6.07) is 0.373. The number of hydrogen-bond acceptors (Lipinski definition) is 3. The van der Waals surface area contributed by atoms with Crippen LogP contribution in [0.4, 0.5) is 0 Å². The monoisotopic (exact) mass is 267 g/mol. The van der Waals surface area contributed by atoms with Crippen molar-refractivity contribution in [3.63, 3.8) is 0 Å². The van der Waals surface area contributed by atoms with Gasteiger partial charge in [-0.15, -0.1) is 0 Å². The quantitative estimate of drug-likeness (QED) is 0.835. The Morgan fingerprint density at radius 1 is 1.21 bits per heavy atom. The van der Waals surface area contributed by atoms with Gasteiger partial charge in [0.05, 0.1) is 0 Å². The number of amides is 1. The van der Waals surface area contributed by atoms with E-state index in [9.17, 15) is 4.79 Å². The number of hydrogen-bond donors (Lipinski definition) is 1. The van der Waals surface area contributed by atoms with Crippen molar-refractivity contribution in [3.8, 4) is 0 Å². The van der Waals surface area contributed by atoms with Gasteiger partial charge in [-0.25, -0.2) is 0 Å². The second-order valence-electron chi connectivity index (χ2n) is 6.68. The smallest absolute Gasteiger partial charge is 0.222 e. The van der Waals surface area contributed by atoms with Gasteiger partial charge in [-0.2, -0.15) is 0 Å². The number of nitrogens with two attached hydrogens (primary N) is 1. The molecule has 0 aromatic heterocycles. The largest absolute Gasteiger partial charge is 0.345 e. The fourth-order valence-electron chi connectivity index (χ4n) is 3.46. The summed E-state index contributed by atoms with van der Waals surface area (Å²) in [6.07, 6.45) is 6.40. The molecule has 1 aliphatic heterocycles. The van der Waals surface area contributed by atoms with Crippen molar-refractivity contribution in [3.05, 3.63) is 0 Å². The molecule has 0 radical (unpaired) electrons. The molecule has 4 heteroatoms. The normalized spacial score (nSPS) is 32.5. The van der Waals surface area contributed by atoms with Gasteiger partial charge in [0.1, 0.15) is 0 Å². The molecule has 2 aliphatic rings. The fraction of sp³-hybridized carbons (Fsp3) is 0.933. The highest BCUT2D eigenvalue weighted by Crippen LogP contribution is 2.26. The van der Waals surface area contributed by atoms with Crippen LogP contribution in [0.1, 0.15) is 38.5 Å². The van der Waals surface area contributed by atoms with Crippen LogP contribution < -0.4 is 5.73 Å².